The molecule has 0 atom stereocenters. The molecule has 0 bridgehead atoms. The number of carbonyl (C=O) groups is 1. The van der Waals surface area contributed by atoms with Crippen LogP contribution in [0.3, 0.4) is 0 Å². The van der Waals surface area contributed by atoms with Crippen LogP contribution < -0.4 is 10.0 Å². The minimum Gasteiger partial charge on any atom is -0.444 e. The van der Waals surface area contributed by atoms with Crippen LogP contribution in [0, 0.1) is 5.95 Å². The lowest BCUT2D eigenvalue weighted by molar-refractivity contribution is 0.0562. The van der Waals surface area contributed by atoms with E-state index in [1.54, 1.807) is 93.6 Å². The predicted molar refractivity (Wildman–Crippen MR) is 162 cm³/mol. The second-order valence-corrected chi connectivity index (χ2v) is 12.6. The van der Waals surface area contributed by atoms with Gasteiger partial charge in [0, 0.05) is 26.7 Å². The second kappa shape index (κ2) is 12.9. The molecule has 8 nitrogen and oxygen atoms in total. The molecule has 1 aromatic heterocycles. The standard InChI is InChI=1S/C30H27Cl2FN4O4S/c1-30(2,3)41-29(38)36-28(37-42(39,40)24-7-5-4-6-8-24)34-18-21-17-25(19-9-13-22(31)14-10-19)26(35-27(21)33)20-11-15-23(32)16-12-20/h4-17H,18H2,1-3H3,(H2,34,36,37,38). The van der Waals surface area contributed by atoms with Gasteiger partial charge in [-0.15, -0.1) is 0 Å². The first-order valence-corrected chi connectivity index (χ1v) is 14.9. The molecule has 0 aliphatic heterocycles. The third kappa shape index (κ3) is 8.28. The number of carbonyl (C=O) groups excluding carboxylic acids is 1. The number of ether oxygens (including phenoxy) is 1. The van der Waals surface area contributed by atoms with E-state index in [2.05, 4.69) is 20.0 Å². The number of rotatable bonds is 6. The maximum Gasteiger partial charge on any atom is 0.414 e. The van der Waals surface area contributed by atoms with Crippen LogP contribution >= 0.6 is 23.2 Å². The number of hydrogen-bond donors (Lipinski definition) is 2. The third-order valence-electron chi connectivity index (χ3n) is 5.63. The Morgan fingerprint density at radius 1 is 0.929 bits per heavy atom. The largest absolute Gasteiger partial charge is 0.444 e. The minimum atomic E-state index is -4.15. The molecule has 12 heteroatoms. The van der Waals surface area contributed by atoms with Crippen molar-refractivity contribution >= 4 is 45.3 Å². The van der Waals surface area contributed by atoms with Crippen LogP contribution in [0.25, 0.3) is 22.4 Å². The monoisotopic (exact) mass is 628 g/mol. The normalized spacial score (nSPS) is 12.1. The van der Waals surface area contributed by atoms with E-state index in [1.165, 1.54) is 12.1 Å². The van der Waals surface area contributed by atoms with Gasteiger partial charge in [-0.05, 0) is 68.8 Å². The molecule has 42 heavy (non-hydrogen) atoms. The summed E-state index contributed by atoms with van der Waals surface area (Å²) < 4.78 is 48.9. The van der Waals surface area contributed by atoms with Gasteiger partial charge in [0.25, 0.3) is 10.0 Å². The first kappa shape index (κ1) is 31.0. The number of halogens is 3. The van der Waals surface area contributed by atoms with Crippen molar-refractivity contribution in [1.82, 2.24) is 15.0 Å². The highest BCUT2D eigenvalue weighted by atomic mass is 35.5. The summed E-state index contributed by atoms with van der Waals surface area (Å²) in [5.41, 5.74) is 1.44. The number of nitrogens with zero attached hydrogens (tertiary/aromatic N) is 2. The van der Waals surface area contributed by atoms with E-state index in [0.717, 1.165) is 0 Å². The number of aliphatic imine (C=N–C) groups is 1. The molecule has 0 radical (unpaired) electrons. The molecule has 0 fully saturated rings. The molecule has 0 aliphatic rings. The minimum absolute atomic E-state index is 0.0417. The number of hydrogen-bond acceptors (Lipinski definition) is 6. The van der Waals surface area contributed by atoms with Crippen molar-refractivity contribution in [2.24, 2.45) is 4.99 Å². The lowest BCUT2D eigenvalue weighted by atomic mass is 9.97. The fraction of sp³-hybridized carbons (Fsp3) is 0.167. The van der Waals surface area contributed by atoms with Gasteiger partial charge in [-0.1, -0.05) is 65.7 Å². The van der Waals surface area contributed by atoms with Crippen molar-refractivity contribution in [2.75, 3.05) is 0 Å². The van der Waals surface area contributed by atoms with Crippen LogP contribution in [0.1, 0.15) is 26.3 Å². The van der Waals surface area contributed by atoms with Crippen molar-refractivity contribution < 1.29 is 22.3 Å². The summed E-state index contributed by atoms with van der Waals surface area (Å²) in [4.78, 5) is 20.9. The third-order valence-corrected chi connectivity index (χ3v) is 7.49. The molecular formula is C30H27Cl2FN4O4S. The van der Waals surface area contributed by atoms with Crippen LogP contribution in [0.15, 0.2) is 94.8 Å². The SMILES string of the molecule is CC(C)(C)OC(=O)NC(=NCc1cc(-c2ccc(Cl)cc2)c(-c2ccc(Cl)cc2)nc1F)NS(=O)(=O)c1ccccc1. The molecule has 0 saturated carbocycles. The average molecular weight is 630 g/mol. The molecule has 218 valence electrons. The van der Waals surface area contributed by atoms with Gasteiger partial charge in [-0.2, -0.15) is 4.39 Å². The second-order valence-electron chi connectivity index (χ2n) is 10.1. The van der Waals surface area contributed by atoms with Gasteiger partial charge < -0.3 is 4.74 Å². The maximum atomic E-state index is 15.4. The first-order valence-electron chi connectivity index (χ1n) is 12.6. The Kier molecular flexibility index (Phi) is 9.50. The maximum absolute atomic E-state index is 15.4. The van der Waals surface area contributed by atoms with Crippen molar-refractivity contribution in [3.05, 3.63) is 106 Å². The Hall–Kier alpha value is -3.99. The Morgan fingerprint density at radius 3 is 2.07 bits per heavy atom. The molecule has 4 aromatic rings. The van der Waals surface area contributed by atoms with Crippen LogP contribution in [-0.2, 0) is 21.3 Å². The van der Waals surface area contributed by atoms with E-state index >= 15 is 4.39 Å². The molecule has 0 spiro atoms. The van der Waals surface area contributed by atoms with Crippen molar-refractivity contribution in [2.45, 2.75) is 37.8 Å². The van der Waals surface area contributed by atoms with E-state index in [9.17, 15) is 13.2 Å². The van der Waals surface area contributed by atoms with Crippen LogP contribution in [0.4, 0.5) is 9.18 Å². The fourth-order valence-electron chi connectivity index (χ4n) is 3.77. The van der Waals surface area contributed by atoms with Crippen molar-refractivity contribution in [3.8, 4) is 22.4 Å². The number of pyridine rings is 1. The van der Waals surface area contributed by atoms with Crippen LogP contribution in [0.2, 0.25) is 10.0 Å². The molecule has 1 amide bonds. The van der Waals surface area contributed by atoms with Crippen molar-refractivity contribution in [1.29, 1.82) is 0 Å². The molecule has 1 heterocycles. The first-order chi connectivity index (χ1) is 19.8. The summed E-state index contributed by atoms with van der Waals surface area (Å²) in [6, 6.07) is 22.8. The highest BCUT2D eigenvalue weighted by Gasteiger charge is 2.22. The zero-order chi connectivity index (χ0) is 30.5. The zero-order valence-electron chi connectivity index (χ0n) is 22.9. The fourth-order valence-corrected chi connectivity index (χ4v) is 5.02. The number of sulfonamides is 1. The highest BCUT2D eigenvalue weighted by molar-refractivity contribution is 7.90. The summed E-state index contributed by atoms with van der Waals surface area (Å²) in [5, 5.41) is 3.35. The summed E-state index contributed by atoms with van der Waals surface area (Å²) >= 11 is 12.1. The van der Waals surface area contributed by atoms with E-state index < -0.39 is 33.6 Å². The Balaban J connectivity index is 1.74. The summed E-state index contributed by atoms with van der Waals surface area (Å²) in [5.74, 6) is -1.29. The van der Waals surface area contributed by atoms with E-state index in [-0.39, 0.29) is 17.0 Å². The van der Waals surface area contributed by atoms with Gasteiger partial charge in [-0.3, -0.25) is 5.32 Å². The number of amides is 1. The summed E-state index contributed by atoms with van der Waals surface area (Å²) in [6.07, 6.45) is -0.949. The number of alkyl carbamates (subject to hydrolysis) is 1. The van der Waals surface area contributed by atoms with Gasteiger partial charge in [0.15, 0.2) is 0 Å². The lowest BCUT2D eigenvalue weighted by Crippen LogP contribution is -2.45. The predicted octanol–water partition coefficient (Wildman–Crippen LogP) is 7.22. The van der Waals surface area contributed by atoms with Gasteiger partial charge in [0.1, 0.15) is 5.60 Å². The van der Waals surface area contributed by atoms with Crippen molar-refractivity contribution in [3.63, 3.8) is 0 Å². The van der Waals surface area contributed by atoms with E-state index in [1.807, 2.05) is 0 Å². The Bertz CT molecular complexity index is 1710. The summed E-state index contributed by atoms with van der Waals surface area (Å²) in [6.45, 7) is 4.58. The summed E-state index contributed by atoms with van der Waals surface area (Å²) in [7, 11) is -4.15. The van der Waals surface area contributed by atoms with Gasteiger partial charge in [0.05, 0.1) is 17.1 Å². The molecule has 0 unspecified atom stereocenters. The Morgan fingerprint density at radius 2 is 1.50 bits per heavy atom. The van der Waals surface area contributed by atoms with E-state index in [4.69, 9.17) is 27.9 Å². The topological polar surface area (TPSA) is 110 Å². The highest BCUT2D eigenvalue weighted by Crippen LogP contribution is 2.33. The number of guanidine groups is 1. The molecule has 4 rings (SSSR count). The van der Waals surface area contributed by atoms with Gasteiger partial charge >= 0.3 is 6.09 Å². The number of aromatic nitrogens is 1. The molecule has 2 N–H and O–H groups in total. The van der Waals surface area contributed by atoms with Crippen LogP contribution in [-0.4, -0.2) is 31.1 Å². The average Bonchev–Trinajstić information content (AvgIpc) is 2.92. The number of benzene rings is 3. The smallest absolute Gasteiger partial charge is 0.414 e. The Labute approximate surface area is 253 Å². The van der Waals surface area contributed by atoms with E-state index in [0.29, 0.717) is 32.4 Å². The van der Waals surface area contributed by atoms with Gasteiger partial charge in [0.2, 0.25) is 11.9 Å². The molecular weight excluding hydrogens is 602 g/mol. The molecule has 3 aromatic carbocycles. The lowest BCUT2D eigenvalue weighted by Gasteiger charge is -2.20. The molecule has 0 saturated heterocycles. The molecule has 0 aliphatic carbocycles. The van der Waals surface area contributed by atoms with Gasteiger partial charge in [-0.25, -0.2) is 27.9 Å². The zero-order valence-corrected chi connectivity index (χ0v) is 25.2. The number of nitrogens with one attached hydrogen (secondary N) is 2. The van der Waals surface area contributed by atoms with Crippen LogP contribution in [0.5, 0.6) is 0 Å². The quantitative estimate of drug-likeness (QED) is 0.133.